The van der Waals surface area contributed by atoms with Crippen molar-refractivity contribution in [2.45, 2.75) is 6.42 Å². The fourth-order valence-electron chi connectivity index (χ4n) is 2.66. The van der Waals surface area contributed by atoms with E-state index in [1.807, 2.05) is 0 Å². The number of nitrogens with zero attached hydrogens (tertiary/aromatic N) is 1. The number of benzene rings is 2. The number of hydrogen-bond donors (Lipinski definition) is 1. The molecule has 2 aromatic carbocycles. The van der Waals surface area contributed by atoms with Crippen LogP contribution in [0, 0.1) is 0 Å². The number of hydrogen-bond acceptors (Lipinski definition) is 6. The van der Waals surface area contributed by atoms with Gasteiger partial charge in [0.15, 0.2) is 5.58 Å². The van der Waals surface area contributed by atoms with E-state index < -0.39 is 23.5 Å². The second kappa shape index (κ2) is 5.45. The zero-order chi connectivity index (χ0) is 17.6. The predicted molar refractivity (Wildman–Crippen MR) is 83.6 cm³/mol. The van der Waals surface area contributed by atoms with Crippen molar-refractivity contribution in [3.63, 3.8) is 0 Å². The number of H-pyrrole nitrogens is 1. The number of nitrogens with one attached hydrogen (secondary N) is 1. The van der Waals surface area contributed by atoms with Gasteiger partial charge in [0.1, 0.15) is 0 Å². The number of oxazole rings is 1. The first kappa shape index (κ1) is 14.9. The molecule has 1 N–H and O–H groups in total. The highest BCUT2D eigenvalue weighted by atomic mass is 16.7. The summed E-state index contributed by atoms with van der Waals surface area (Å²) >= 11 is 0. The van der Waals surface area contributed by atoms with Crippen molar-refractivity contribution in [2.24, 2.45) is 0 Å². The van der Waals surface area contributed by atoms with E-state index in [1.165, 1.54) is 18.2 Å². The SMILES string of the molecule is O=C(Cc1ccc2oc(=O)[nH]c2c1)ON1C(=O)c2ccccc2C1=O. The topological polar surface area (TPSA) is 110 Å². The molecule has 4 rings (SSSR count). The molecule has 0 unspecified atom stereocenters. The van der Waals surface area contributed by atoms with Gasteiger partial charge in [0.2, 0.25) is 0 Å². The Morgan fingerprint density at radius 3 is 2.40 bits per heavy atom. The van der Waals surface area contributed by atoms with Crippen LogP contribution in [-0.4, -0.2) is 27.8 Å². The van der Waals surface area contributed by atoms with Crippen molar-refractivity contribution in [1.82, 2.24) is 10.0 Å². The largest absolute Gasteiger partial charge is 0.417 e. The summed E-state index contributed by atoms with van der Waals surface area (Å²) in [5, 5.41) is 0.464. The average molecular weight is 338 g/mol. The third-order valence-corrected chi connectivity index (χ3v) is 3.78. The zero-order valence-corrected chi connectivity index (χ0v) is 12.6. The van der Waals surface area contributed by atoms with E-state index in [0.29, 0.717) is 21.7 Å². The molecule has 0 saturated carbocycles. The molecule has 1 aliphatic rings. The van der Waals surface area contributed by atoms with Crippen molar-refractivity contribution in [3.8, 4) is 0 Å². The minimum atomic E-state index is -0.778. The standard InChI is InChI=1S/C17H10N2O6/c20-14(8-9-5-6-13-12(7-9)18-17(23)24-13)25-19-15(21)10-3-1-2-4-11(10)16(19)22/h1-7H,8H2,(H,18,23). The minimum Gasteiger partial charge on any atom is -0.408 e. The molecule has 2 amide bonds. The van der Waals surface area contributed by atoms with Gasteiger partial charge in [-0.2, -0.15) is 0 Å². The lowest BCUT2D eigenvalue weighted by atomic mass is 10.1. The van der Waals surface area contributed by atoms with Gasteiger partial charge in [-0.05, 0) is 29.8 Å². The van der Waals surface area contributed by atoms with Crippen LogP contribution in [0.5, 0.6) is 0 Å². The number of aromatic amines is 1. The van der Waals surface area contributed by atoms with Crippen LogP contribution in [-0.2, 0) is 16.1 Å². The van der Waals surface area contributed by atoms with Crippen molar-refractivity contribution in [1.29, 1.82) is 0 Å². The third-order valence-electron chi connectivity index (χ3n) is 3.78. The van der Waals surface area contributed by atoms with Gasteiger partial charge in [-0.3, -0.25) is 14.6 Å². The highest BCUT2D eigenvalue weighted by molar-refractivity contribution is 6.20. The van der Waals surface area contributed by atoms with Gasteiger partial charge in [0.05, 0.1) is 23.1 Å². The molecule has 2 heterocycles. The van der Waals surface area contributed by atoms with Crippen LogP contribution in [0.3, 0.4) is 0 Å². The highest BCUT2D eigenvalue weighted by Gasteiger charge is 2.38. The van der Waals surface area contributed by atoms with E-state index >= 15 is 0 Å². The van der Waals surface area contributed by atoms with E-state index in [1.54, 1.807) is 24.3 Å². The van der Waals surface area contributed by atoms with Crippen LogP contribution >= 0.6 is 0 Å². The summed E-state index contributed by atoms with van der Waals surface area (Å²) in [5.74, 6) is -2.73. The molecular weight excluding hydrogens is 328 g/mol. The summed E-state index contributed by atoms with van der Waals surface area (Å²) in [5.41, 5.74) is 1.72. The normalized spacial score (nSPS) is 13.4. The van der Waals surface area contributed by atoms with Gasteiger partial charge in [0, 0.05) is 0 Å². The van der Waals surface area contributed by atoms with Gasteiger partial charge in [0.25, 0.3) is 11.8 Å². The third kappa shape index (κ3) is 2.49. The number of carbonyl (C=O) groups excluding carboxylic acids is 3. The van der Waals surface area contributed by atoms with Gasteiger partial charge in [-0.15, -0.1) is 0 Å². The maximum Gasteiger partial charge on any atom is 0.417 e. The Hall–Kier alpha value is -3.68. The van der Waals surface area contributed by atoms with Crippen molar-refractivity contribution in [3.05, 3.63) is 69.7 Å². The Kier molecular flexibility index (Phi) is 3.24. The lowest BCUT2D eigenvalue weighted by Gasteiger charge is -2.12. The monoisotopic (exact) mass is 338 g/mol. The zero-order valence-electron chi connectivity index (χ0n) is 12.6. The van der Waals surface area contributed by atoms with Crippen molar-refractivity contribution < 1.29 is 23.6 Å². The molecule has 124 valence electrons. The van der Waals surface area contributed by atoms with Crippen LogP contribution in [0.1, 0.15) is 26.3 Å². The number of rotatable bonds is 3. The highest BCUT2D eigenvalue weighted by Crippen LogP contribution is 2.23. The number of carbonyl (C=O) groups is 3. The fraction of sp³-hybridized carbons (Fsp3) is 0.0588. The number of aromatic nitrogens is 1. The lowest BCUT2D eigenvalue weighted by molar-refractivity contribution is -0.167. The van der Waals surface area contributed by atoms with Crippen molar-refractivity contribution >= 4 is 28.9 Å². The average Bonchev–Trinajstić information content (AvgIpc) is 3.07. The number of hydroxylamine groups is 2. The van der Waals surface area contributed by atoms with Crippen LogP contribution in [0.4, 0.5) is 0 Å². The molecule has 1 aliphatic heterocycles. The Labute approximate surface area is 139 Å². The maximum atomic E-state index is 12.1. The van der Waals surface area contributed by atoms with E-state index in [0.717, 1.165) is 0 Å². The number of amides is 2. The Morgan fingerprint density at radius 1 is 1.04 bits per heavy atom. The van der Waals surface area contributed by atoms with E-state index in [2.05, 4.69) is 4.98 Å². The molecule has 25 heavy (non-hydrogen) atoms. The van der Waals surface area contributed by atoms with Crippen LogP contribution in [0.2, 0.25) is 0 Å². The molecule has 0 aliphatic carbocycles. The van der Waals surface area contributed by atoms with Crippen LogP contribution in [0.15, 0.2) is 51.7 Å². The van der Waals surface area contributed by atoms with Gasteiger partial charge in [-0.1, -0.05) is 23.3 Å². The molecule has 1 aromatic heterocycles. The summed E-state index contributed by atoms with van der Waals surface area (Å²) in [6.07, 6.45) is -0.184. The summed E-state index contributed by atoms with van der Waals surface area (Å²) in [6, 6.07) is 10.9. The molecule has 0 spiro atoms. The predicted octanol–water partition coefficient (Wildman–Crippen LogP) is 1.42. The maximum absolute atomic E-state index is 12.1. The number of fused-ring (bicyclic) bond motifs is 2. The Bertz CT molecular complexity index is 1060. The first-order valence-corrected chi connectivity index (χ1v) is 7.33. The lowest BCUT2D eigenvalue weighted by Crippen LogP contribution is -2.33. The molecule has 0 saturated heterocycles. The number of imide groups is 1. The molecule has 0 atom stereocenters. The van der Waals surface area contributed by atoms with E-state index in [4.69, 9.17) is 9.25 Å². The summed E-state index contributed by atoms with van der Waals surface area (Å²) < 4.78 is 4.87. The molecule has 0 bridgehead atoms. The summed E-state index contributed by atoms with van der Waals surface area (Å²) in [4.78, 5) is 54.9. The summed E-state index contributed by atoms with van der Waals surface area (Å²) in [7, 11) is 0. The quantitative estimate of drug-likeness (QED) is 0.723. The fourth-order valence-corrected chi connectivity index (χ4v) is 2.66. The van der Waals surface area contributed by atoms with Crippen LogP contribution < -0.4 is 5.76 Å². The first-order chi connectivity index (χ1) is 12.0. The van der Waals surface area contributed by atoms with Gasteiger partial charge < -0.3 is 9.25 Å². The second-order valence-corrected chi connectivity index (χ2v) is 5.44. The Morgan fingerprint density at radius 2 is 1.72 bits per heavy atom. The second-order valence-electron chi connectivity index (χ2n) is 5.44. The molecule has 8 nitrogen and oxygen atoms in total. The molecular formula is C17H10N2O6. The van der Waals surface area contributed by atoms with Gasteiger partial charge in [-0.25, -0.2) is 9.59 Å². The van der Waals surface area contributed by atoms with Crippen LogP contribution in [0.25, 0.3) is 11.1 Å². The van der Waals surface area contributed by atoms with Crippen molar-refractivity contribution in [2.75, 3.05) is 0 Å². The Balaban J connectivity index is 1.51. The molecule has 0 fully saturated rings. The smallest absolute Gasteiger partial charge is 0.408 e. The van der Waals surface area contributed by atoms with E-state index in [-0.39, 0.29) is 17.5 Å². The molecule has 0 radical (unpaired) electrons. The summed E-state index contributed by atoms with van der Waals surface area (Å²) in [6.45, 7) is 0. The first-order valence-electron chi connectivity index (χ1n) is 7.33. The minimum absolute atomic E-state index is 0.184. The van der Waals surface area contributed by atoms with Gasteiger partial charge >= 0.3 is 11.7 Å². The van der Waals surface area contributed by atoms with E-state index in [9.17, 15) is 19.2 Å². The molecule has 8 heteroatoms. The molecule has 3 aromatic rings.